The van der Waals surface area contributed by atoms with Crippen LogP contribution in [0.4, 0.5) is 0 Å². The predicted octanol–water partition coefficient (Wildman–Crippen LogP) is 1.58. The Hall–Kier alpha value is -0.520. The summed E-state index contributed by atoms with van der Waals surface area (Å²) in [5.74, 6) is 3.42. The quantitative estimate of drug-likeness (QED) is 0.468. The Morgan fingerprint density at radius 3 is 2.57 bits per heavy atom. The fourth-order valence-electron chi connectivity index (χ4n) is 1.34. The highest BCUT2D eigenvalue weighted by atomic mass is 15.1. The second kappa shape index (κ2) is 9.05. The summed E-state index contributed by atoms with van der Waals surface area (Å²) >= 11 is 0. The van der Waals surface area contributed by atoms with Crippen LogP contribution in [0.3, 0.4) is 0 Å². The first-order chi connectivity index (χ1) is 6.70. The molecule has 0 saturated carbocycles. The molecule has 2 nitrogen and oxygen atoms in total. The molecular weight excluding hydrogens is 172 g/mol. The monoisotopic (exact) mass is 196 g/mol. The van der Waals surface area contributed by atoms with Gasteiger partial charge in [0.15, 0.2) is 0 Å². The molecule has 0 aromatic carbocycles. The molecule has 0 radical (unpaired) electrons. The van der Waals surface area contributed by atoms with Gasteiger partial charge in [-0.05, 0) is 25.4 Å². The van der Waals surface area contributed by atoms with Gasteiger partial charge in [0.25, 0.3) is 0 Å². The Labute approximate surface area is 89.1 Å². The fourth-order valence-corrected chi connectivity index (χ4v) is 1.34. The Morgan fingerprint density at radius 2 is 2.07 bits per heavy atom. The van der Waals surface area contributed by atoms with Gasteiger partial charge in [0, 0.05) is 13.1 Å². The van der Waals surface area contributed by atoms with E-state index in [4.69, 9.17) is 6.42 Å². The molecule has 2 heteroatoms. The van der Waals surface area contributed by atoms with Crippen LogP contribution in [0.25, 0.3) is 0 Å². The van der Waals surface area contributed by atoms with Gasteiger partial charge in [-0.2, -0.15) is 0 Å². The lowest BCUT2D eigenvalue weighted by atomic mass is 10.2. The van der Waals surface area contributed by atoms with Gasteiger partial charge in [-0.25, -0.2) is 0 Å². The molecule has 0 fully saturated rings. The van der Waals surface area contributed by atoms with E-state index in [0.29, 0.717) is 0 Å². The molecule has 0 atom stereocenters. The third kappa shape index (κ3) is 8.10. The van der Waals surface area contributed by atoms with Crippen LogP contribution in [0.15, 0.2) is 0 Å². The molecule has 0 rings (SSSR count). The van der Waals surface area contributed by atoms with Crippen LogP contribution in [0.2, 0.25) is 0 Å². The molecule has 1 N–H and O–H groups in total. The summed E-state index contributed by atoms with van der Waals surface area (Å²) < 4.78 is 0. The Bertz CT molecular complexity index is 158. The average molecular weight is 196 g/mol. The largest absolute Gasteiger partial charge is 0.315 e. The lowest BCUT2D eigenvalue weighted by molar-refractivity contribution is 0.304. The highest BCUT2D eigenvalue weighted by Gasteiger charge is 2.00. The zero-order valence-electron chi connectivity index (χ0n) is 9.84. The van der Waals surface area contributed by atoms with Gasteiger partial charge in [-0.1, -0.05) is 26.7 Å². The molecule has 0 spiro atoms. The van der Waals surface area contributed by atoms with Gasteiger partial charge in [-0.3, -0.25) is 4.90 Å². The molecule has 14 heavy (non-hydrogen) atoms. The van der Waals surface area contributed by atoms with Gasteiger partial charge in [0.2, 0.25) is 0 Å². The zero-order valence-corrected chi connectivity index (χ0v) is 9.84. The van der Waals surface area contributed by atoms with Crippen molar-refractivity contribution in [2.75, 3.05) is 32.7 Å². The van der Waals surface area contributed by atoms with E-state index in [2.05, 4.69) is 36.9 Å². The zero-order chi connectivity index (χ0) is 10.8. The second-order valence-electron chi connectivity index (χ2n) is 4.08. The summed E-state index contributed by atoms with van der Waals surface area (Å²) in [6.07, 6.45) is 6.47. The van der Waals surface area contributed by atoms with Crippen molar-refractivity contribution in [2.24, 2.45) is 5.92 Å². The molecule has 82 valence electrons. The molecule has 0 unspecified atom stereocenters. The van der Waals surface area contributed by atoms with Crippen LogP contribution in [0, 0.1) is 18.3 Å². The van der Waals surface area contributed by atoms with Gasteiger partial charge >= 0.3 is 0 Å². The summed E-state index contributed by atoms with van der Waals surface area (Å²) in [6, 6.07) is 0. The maximum atomic E-state index is 5.30. The van der Waals surface area contributed by atoms with E-state index in [1.165, 1.54) is 6.42 Å². The summed E-state index contributed by atoms with van der Waals surface area (Å²) in [4.78, 5) is 2.31. The molecule has 0 aliphatic rings. The van der Waals surface area contributed by atoms with E-state index in [1.807, 2.05) is 0 Å². The standard InChI is InChI=1S/C12H24N2/c1-5-8-14(9-6-2)10-7-13-11-12(3)4/h1,12-13H,6-11H2,2-4H3. The first-order valence-corrected chi connectivity index (χ1v) is 5.57. The third-order valence-corrected chi connectivity index (χ3v) is 2.01. The second-order valence-corrected chi connectivity index (χ2v) is 4.08. The van der Waals surface area contributed by atoms with Crippen LogP contribution < -0.4 is 5.32 Å². The smallest absolute Gasteiger partial charge is 0.0599 e. The van der Waals surface area contributed by atoms with E-state index < -0.39 is 0 Å². The molecular formula is C12H24N2. The molecule has 0 aliphatic heterocycles. The fraction of sp³-hybridized carbons (Fsp3) is 0.833. The first-order valence-electron chi connectivity index (χ1n) is 5.57. The lowest BCUT2D eigenvalue weighted by Crippen LogP contribution is -2.34. The van der Waals surface area contributed by atoms with Crippen LogP contribution in [0.5, 0.6) is 0 Å². The van der Waals surface area contributed by atoms with Crippen molar-refractivity contribution in [3.63, 3.8) is 0 Å². The van der Waals surface area contributed by atoms with Crippen molar-refractivity contribution >= 4 is 0 Å². The molecule has 0 saturated heterocycles. The normalized spacial score (nSPS) is 10.9. The highest BCUT2D eigenvalue weighted by Crippen LogP contribution is 1.90. The molecule has 0 heterocycles. The summed E-state index contributed by atoms with van der Waals surface area (Å²) in [5.41, 5.74) is 0. The summed E-state index contributed by atoms with van der Waals surface area (Å²) in [7, 11) is 0. The van der Waals surface area contributed by atoms with Gasteiger partial charge in [0.1, 0.15) is 0 Å². The van der Waals surface area contributed by atoms with Crippen molar-refractivity contribution in [3.05, 3.63) is 0 Å². The van der Waals surface area contributed by atoms with E-state index in [-0.39, 0.29) is 0 Å². The number of hydrogen-bond acceptors (Lipinski definition) is 2. The minimum absolute atomic E-state index is 0.724. The van der Waals surface area contributed by atoms with E-state index in [1.54, 1.807) is 0 Å². The van der Waals surface area contributed by atoms with Crippen molar-refractivity contribution in [3.8, 4) is 12.3 Å². The van der Waals surface area contributed by atoms with Gasteiger partial charge in [0.05, 0.1) is 6.54 Å². The maximum absolute atomic E-state index is 5.30. The SMILES string of the molecule is C#CCN(CCC)CCNCC(C)C. The molecule has 0 aromatic heterocycles. The Kier molecular flexibility index (Phi) is 8.72. The summed E-state index contributed by atoms with van der Waals surface area (Å²) in [5, 5.41) is 3.42. The predicted molar refractivity (Wildman–Crippen MR) is 63.3 cm³/mol. The molecule has 0 aromatic rings. The van der Waals surface area contributed by atoms with E-state index >= 15 is 0 Å². The van der Waals surface area contributed by atoms with Crippen molar-refractivity contribution < 1.29 is 0 Å². The van der Waals surface area contributed by atoms with Crippen LogP contribution in [-0.4, -0.2) is 37.6 Å². The number of nitrogens with one attached hydrogen (secondary N) is 1. The number of terminal acetylenes is 1. The Balaban J connectivity index is 3.46. The lowest BCUT2D eigenvalue weighted by Gasteiger charge is -2.19. The molecule has 0 amide bonds. The third-order valence-electron chi connectivity index (χ3n) is 2.01. The highest BCUT2D eigenvalue weighted by molar-refractivity contribution is 4.88. The van der Waals surface area contributed by atoms with Crippen molar-refractivity contribution in [2.45, 2.75) is 27.2 Å². The van der Waals surface area contributed by atoms with Crippen LogP contribution in [-0.2, 0) is 0 Å². The van der Waals surface area contributed by atoms with Crippen molar-refractivity contribution in [1.82, 2.24) is 10.2 Å². The minimum atomic E-state index is 0.724. The van der Waals surface area contributed by atoms with E-state index in [0.717, 1.165) is 38.6 Å². The van der Waals surface area contributed by atoms with Gasteiger partial charge in [-0.15, -0.1) is 6.42 Å². The first kappa shape index (κ1) is 13.5. The van der Waals surface area contributed by atoms with E-state index in [9.17, 15) is 0 Å². The van der Waals surface area contributed by atoms with Gasteiger partial charge < -0.3 is 5.32 Å². The summed E-state index contributed by atoms with van der Waals surface area (Å²) in [6.45, 7) is 11.7. The maximum Gasteiger partial charge on any atom is 0.0599 e. The minimum Gasteiger partial charge on any atom is -0.315 e. The number of hydrogen-bond donors (Lipinski definition) is 1. The van der Waals surface area contributed by atoms with Crippen molar-refractivity contribution in [1.29, 1.82) is 0 Å². The average Bonchev–Trinajstić information content (AvgIpc) is 2.12. The molecule has 0 aliphatic carbocycles. The number of nitrogens with zero attached hydrogens (tertiary/aromatic N) is 1. The van der Waals surface area contributed by atoms with Crippen LogP contribution >= 0.6 is 0 Å². The number of rotatable bonds is 8. The Morgan fingerprint density at radius 1 is 1.36 bits per heavy atom. The topological polar surface area (TPSA) is 15.3 Å². The van der Waals surface area contributed by atoms with Crippen LogP contribution in [0.1, 0.15) is 27.2 Å². The molecule has 0 bridgehead atoms.